The Morgan fingerprint density at radius 2 is 0.700 bits per heavy atom. The van der Waals surface area contributed by atoms with Crippen molar-refractivity contribution in [1.29, 1.82) is 0 Å². The Morgan fingerprint density at radius 3 is 1.32 bits per heavy atom. The highest BCUT2D eigenvalue weighted by molar-refractivity contribution is 6.14. The average Bonchev–Trinajstić information content (AvgIpc) is 3.31. The summed E-state index contributed by atoms with van der Waals surface area (Å²) in [7, 11) is 0. The lowest BCUT2D eigenvalue weighted by atomic mass is 9.90. The first kappa shape index (κ1) is 33.7. The van der Waals surface area contributed by atoms with E-state index in [0.717, 1.165) is 104 Å². The Balaban J connectivity index is 1.22. The van der Waals surface area contributed by atoms with Crippen molar-refractivity contribution in [2.75, 3.05) is 0 Å². The van der Waals surface area contributed by atoms with Gasteiger partial charge in [-0.25, -0.2) is 15.0 Å². The van der Waals surface area contributed by atoms with Gasteiger partial charge in [0.05, 0.1) is 33.1 Å². The molecule has 0 atom stereocenters. The summed E-state index contributed by atoms with van der Waals surface area (Å²) in [4.78, 5) is 40.4. The summed E-state index contributed by atoms with van der Waals surface area (Å²) in [6, 6.07) is 51.7. The van der Waals surface area contributed by atoms with E-state index in [1.165, 1.54) is 0 Å². The molecule has 0 N–H and O–H groups in total. The summed E-state index contributed by atoms with van der Waals surface area (Å²) in [5, 5.41) is 7.07. The maximum absolute atomic E-state index is 5.40. The van der Waals surface area contributed by atoms with Gasteiger partial charge in [0.2, 0.25) is 0 Å². The number of rotatable bonds is 5. The molecule has 0 amide bonds. The van der Waals surface area contributed by atoms with Gasteiger partial charge in [-0.3, -0.25) is 24.9 Å². The molecule has 6 heterocycles. The molecule has 60 heavy (non-hydrogen) atoms. The molecule has 0 unspecified atom stereocenters. The molecule has 12 aromatic rings. The second kappa shape index (κ2) is 13.6. The predicted octanol–water partition coefficient (Wildman–Crippen LogP) is 12.1. The van der Waals surface area contributed by atoms with Crippen LogP contribution in [0.15, 0.2) is 183 Å². The van der Waals surface area contributed by atoms with Crippen LogP contribution < -0.4 is 0 Å². The van der Waals surface area contributed by atoms with Crippen LogP contribution in [-0.4, -0.2) is 39.9 Å². The molecular weight excluding hydrogens is 737 g/mol. The number of nitrogens with zero attached hydrogens (tertiary/aromatic N) is 8. The van der Waals surface area contributed by atoms with E-state index >= 15 is 0 Å². The molecule has 0 aliphatic carbocycles. The standard InChI is InChI=1S/C52H30N8/c1-2-11-31(12-3-1)50-58-51(60-52(59-50)46-39-17-5-4-13-32(39)25-33-14-6-24-57-49(33)46)38-27-36(44-40-18-9-20-53-42(40)29-34-15-7-22-55-47(34)44)26-37(28-38)45-41-19-10-21-54-43(41)30-35-16-8-23-56-48(35)45/h1-30H. The van der Waals surface area contributed by atoms with Crippen molar-refractivity contribution in [3.63, 3.8) is 0 Å². The number of aromatic nitrogens is 8. The minimum Gasteiger partial charge on any atom is -0.256 e. The van der Waals surface area contributed by atoms with Gasteiger partial charge >= 0.3 is 0 Å². The van der Waals surface area contributed by atoms with Crippen LogP contribution in [0.5, 0.6) is 0 Å². The molecule has 0 bridgehead atoms. The van der Waals surface area contributed by atoms with Gasteiger partial charge in [0.1, 0.15) is 0 Å². The van der Waals surface area contributed by atoms with E-state index in [1.807, 2.05) is 97.7 Å². The zero-order valence-corrected chi connectivity index (χ0v) is 31.9. The average molecular weight is 767 g/mol. The number of hydrogen-bond donors (Lipinski definition) is 0. The molecule has 0 spiro atoms. The van der Waals surface area contributed by atoms with Crippen LogP contribution in [0.1, 0.15) is 0 Å². The Kier molecular flexibility index (Phi) is 7.67. The van der Waals surface area contributed by atoms with Crippen molar-refractivity contribution >= 4 is 65.3 Å². The largest absolute Gasteiger partial charge is 0.256 e. The minimum atomic E-state index is 0.519. The molecule has 12 rings (SSSR count). The quantitative estimate of drug-likeness (QED) is 0.160. The van der Waals surface area contributed by atoms with E-state index in [1.54, 1.807) is 0 Å². The van der Waals surface area contributed by atoms with Crippen molar-refractivity contribution in [3.05, 3.63) is 183 Å². The summed E-state index contributed by atoms with van der Waals surface area (Å²) in [5.41, 5.74) is 10.7. The number of pyridine rings is 5. The smallest absolute Gasteiger partial charge is 0.166 e. The summed E-state index contributed by atoms with van der Waals surface area (Å²) in [5.74, 6) is 1.61. The number of hydrogen-bond acceptors (Lipinski definition) is 8. The fraction of sp³-hybridized carbons (Fsp3) is 0. The monoisotopic (exact) mass is 766 g/mol. The zero-order valence-electron chi connectivity index (χ0n) is 31.9. The van der Waals surface area contributed by atoms with Crippen molar-refractivity contribution in [1.82, 2.24) is 39.9 Å². The fourth-order valence-electron chi connectivity index (χ4n) is 8.60. The number of benzene rings is 6. The van der Waals surface area contributed by atoms with E-state index in [-0.39, 0.29) is 0 Å². The molecule has 0 saturated carbocycles. The Bertz CT molecular complexity index is 3380. The summed E-state index contributed by atoms with van der Waals surface area (Å²) in [6.07, 6.45) is 9.19. The fourth-order valence-corrected chi connectivity index (χ4v) is 8.60. The second-order valence-corrected chi connectivity index (χ2v) is 14.8. The Labute approximate surface area is 343 Å². The third kappa shape index (κ3) is 5.54. The zero-order chi connectivity index (χ0) is 39.6. The summed E-state index contributed by atoms with van der Waals surface area (Å²) < 4.78 is 0. The maximum Gasteiger partial charge on any atom is 0.166 e. The van der Waals surface area contributed by atoms with E-state index in [9.17, 15) is 0 Å². The van der Waals surface area contributed by atoms with Crippen LogP contribution in [0.2, 0.25) is 0 Å². The van der Waals surface area contributed by atoms with Gasteiger partial charge in [0, 0.05) is 80.2 Å². The van der Waals surface area contributed by atoms with Crippen LogP contribution >= 0.6 is 0 Å². The van der Waals surface area contributed by atoms with Crippen molar-refractivity contribution in [2.45, 2.75) is 0 Å². The first-order chi connectivity index (χ1) is 29.7. The molecule has 0 aliphatic rings. The topological polar surface area (TPSA) is 103 Å². The molecule has 8 heteroatoms. The molecular formula is C52H30N8. The summed E-state index contributed by atoms with van der Waals surface area (Å²) >= 11 is 0. The predicted molar refractivity (Wildman–Crippen MR) is 241 cm³/mol. The van der Waals surface area contributed by atoms with Gasteiger partial charge < -0.3 is 0 Å². The lowest BCUT2D eigenvalue weighted by Crippen LogP contribution is -2.02. The van der Waals surface area contributed by atoms with Crippen LogP contribution in [-0.2, 0) is 0 Å². The van der Waals surface area contributed by atoms with Gasteiger partial charge in [-0.15, -0.1) is 0 Å². The van der Waals surface area contributed by atoms with Crippen LogP contribution in [0, 0.1) is 0 Å². The molecule has 8 nitrogen and oxygen atoms in total. The SMILES string of the molecule is c1ccc(-c2nc(-c3cc(-c4c5cccnc5cc5cccnc45)cc(-c4c5cccnc5cc5cccnc45)c3)nc(-c3c4ccccc4cc4cccnc34)n2)cc1. The molecule has 0 fully saturated rings. The van der Waals surface area contributed by atoms with Gasteiger partial charge in [-0.2, -0.15) is 0 Å². The van der Waals surface area contributed by atoms with Crippen molar-refractivity contribution in [3.8, 4) is 56.4 Å². The first-order valence-corrected chi connectivity index (χ1v) is 19.7. The lowest BCUT2D eigenvalue weighted by Gasteiger charge is -2.17. The van der Waals surface area contributed by atoms with E-state index < -0.39 is 0 Å². The molecule has 6 aromatic heterocycles. The summed E-state index contributed by atoms with van der Waals surface area (Å²) in [6.45, 7) is 0. The highest BCUT2D eigenvalue weighted by Gasteiger charge is 2.22. The van der Waals surface area contributed by atoms with Crippen LogP contribution in [0.3, 0.4) is 0 Å². The Hall–Kier alpha value is -8.36. The minimum absolute atomic E-state index is 0.519. The van der Waals surface area contributed by atoms with Crippen molar-refractivity contribution in [2.24, 2.45) is 0 Å². The molecule has 6 aromatic carbocycles. The maximum atomic E-state index is 5.40. The highest BCUT2D eigenvalue weighted by atomic mass is 15.0. The van der Waals surface area contributed by atoms with E-state index in [0.29, 0.717) is 17.5 Å². The highest BCUT2D eigenvalue weighted by Crippen LogP contribution is 2.43. The lowest BCUT2D eigenvalue weighted by molar-refractivity contribution is 1.08. The van der Waals surface area contributed by atoms with Crippen molar-refractivity contribution < 1.29 is 0 Å². The van der Waals surface area contributed by atoms with E-state index in [4.69, 9.17) is 39.9 Å². The molecule has 0 aliphatic heterocycles. The third-order valence-electron chi connectivity index (χ3n) is 11.2. The van der Waals surface area contributed by atoms with Gasteiger partial charge in [0.25, 0.3) is 0 Å². The van der Waals surface area contributed by atoms with Gasteiger partial charge in [0.15, 0.2) is 17.5 Å². The van der Waals surface area contributed by atoms with Crippen LogP contribution in [0.25, 0.3) is 122 Å². The second-order valence-electron chi connectivity index (χ2n) is 14.8. The van der Waals surface area contributed by atoms with Crippen LogP contribution in [0.4, 0.5) is 0 Å². The van der Waals surface area contributed by atoms with Gasteiger partial charge in [-0.1, -0.05) is 84.9 Å². The normalized spacial score (nSPS) is 11.7. The molecule has 0 saturated heterocycles. The molecule has 278 valence electrons. The van der Waals surface area contributed by atoms with E-state index in [2.05, 4.69) is 84.9 Å². The molecule has 0 radical (unpaired) electrons. The first-order valence-electron chi connectivity index (χ1n) is 19.7. The number of fused-ring (bicyclic) bond motifs is 6. The Morgan fingerprint density at radius 1 is 0.267 bits per heavy atom. The third-order valence-corrected chi connectivity index (χ3v) is 11.2. The van der Waals surface area contributed by atoms with Gasteiger partial charge in [-0.05, 0) is 88.6 Å².